The Kier molecular flexibility index (Phi) is 8.26. The number of amides is 3. The van der Waals surface area contributed by atoms with Crippen LogP contribution in [0.1, 0.15) is 11.1 Å². The molecule has 1 aliphatic heterocycles. The van der Waals surface area contributed by atoms with Crippen molar-refractivity contribution in [1.29, 1.82) is 0 Å². The Bertz CT molecular complexity index is 1350. The van der Waals surface area contributed by atoms with Gasteiger partial charge in [0.2, 0.25) is 0 Å². The van der Waals surface area contributed by atoms with Gasteiger partial charge < -0.3 is 14.8 Å². The summed E-state index contributed by atoms with van der Waals surface area (Å²) in [5.41, 5.74) is 1.52. The normalized spacial score (nSPS) is 14.3. The average molecular weight is 618 g/mol. The Hall–Kier alpha value is -3.38. The van der Waals surface area contributed by atoms with Crippen LogP contribution < -0.4 is 14.8 Å². The summed E-state index contributed by atoms with van der Waals surface area (Å²) >= 11 is 2.84. The second-order valence-electron chi connectivity index (χ2n) is 7.60. The Labute approximate surface area is 224 Å². The van der Waals surface area contributed by atoms with Crippen molar-refractivity contribution in [2.24, 2.45) is 0 Å². The lowest BCUT2D eigenvalue weighted by Gasteiger charge is -2.14. The van der Waals surface area contributed by atoms with Crippen LogP contribution in [0.5, 0.6) is 11.5 Å². The minimum Gasteiger partial charge on any atom is -0.493 e. The number of carbonyl (C=O) groups is 3. The van der Waals surface area contributed by atoms with Crippen LogP contribution >= 0.6 is 34.4 Å². The largest absolute Gasteiger partial charge is 0.493 e. The van der Waals surface area contributed by atoms with Crippen molar-refractivity contribution >= 4 is 63.2 Å². The Morgan fingerprint density at radius 1 is 1.11 bits per heavy atom. The molecule has 0 unspecified atom stereocenters. The Balaban J connectivity index is 1.48. The van der Waals surface area contributed by atoms with Crippen LogP contribution in [-0.2, 0) is 16.1 Å². The molecule has 4 rings (SSSR count). The molecule has 184 valence electrons. The molecule has 0 spiro atoms. The Morgan fingerprint density at radius 3 is 2.56 bits per heavy atom. The van der Waals surface area contributed by atoms with E-state index in [0.717, 1.165) is 16.7 Å². The molecule has 0 radical (unpaired) electrons. The van der Waals surface area contributed by atoms with Crippen LogP contribution in [0.4, 0.5) is 14.9 Å². The van der Waals surface area contributed by atoms with E-state index in [1.807, 2.05) is 40.8 Å². The molecule has 7 nitrogen and oxygen atoms in total. The lowest BCUT2D eigenvalue weighted by Crippen LogP contribution is -2.27. The quantitative estimate of drug-likeness (QED) is 0.258. The summed E-state index contributed by atoms with van der Waals surface area (Å²) in [5, 5.41) is 2.27. The molecule has 1 aliphatic rings. The molecular weight excluding hydrogens is 598 g/mol. The van der Waals surface area contributed by atoms with Gasteiger partial charge in [-0.3, -0.25) is 19.3 Å². The number of nitrogens with zero attached hydrogens (tertiary/aromatic N) is 1. The number of anilines is 1. The number of nitrogens with one attached hydrogen (secondary N) is 1. The maximum Gasteiger partial charge on any atom is 0.293 e. The number of rotatable bonds is 8. The lowest BCUT2D eigenvalue weighted by molar-refractivity contribution is -0.123. The summed E-state index contributed by atoms with van der Waals surface area (Å²) < 4.78 is 25.8. The first-order valence-electron chi connectivity index (χ1n) is 10.7. The SMILES string of the molecule is COc1cc(/C=C2\SC(=O)N(Cc3ccccc3F)C2=O)cc(I)c1OCC(=O)Nc1ccccc1. The van der Waals surface area contributed by atoms with Gasteiger partial charge in [-0.1, -0.05) is 36.4 Å². The molecule has 0 aliphatic carbocycles. The van der Waals surface area contributed by atoms with Gasteiger partial charge in [0.15, 0.2) is 18.1 Å². The number of benzene rings is 3. The van der Waals surface area contributed by atoms with Crippen molar-refractivity contribution in [2.75, 3.05) is 19.0 Å². The summed E-state index contributed by atoms with van der Waals surface area (Å²) in [6.45, 7) is -0.372. The van der Waals surface area contributed by atoms with Crippen molar-refractivity contribution in [3.8, 4) is 11.5 Å². The van der Waals surface area contributed by atoms with Gasteiger partial charge in [-0.15, -0.1) is 0 Å². The fourth-order valence-corrected chi connectivity index (χ4v) is 5.02. The van der Waals surface area contributed by atoms with Gasteiger partial charge in [-0.05, 0) is 76.3 Å². The molecule has 1 saturated heterocycles. The van der Waals surface area contributed by atoms with Crippen LogP contribution in [0.15, 0.2) is 71.6 Å². The van der Waals surface area contributed by atoms with Crippen LogP contribution in [-0.4, -0.2) is 35.7 Å². The van der Waals surface area contributed by atoms with Gasteiger partial charge in [0, 0.05) is 11.3 Å². The van der Waals surface area contributed by atoms with Gasteiger partial charge >= 0.3 is 0 Å². The van der Waals surface area contributed by atoms with Crippen molar-refractivity contribution in [2.45, 2.75) is 6.54 Å². The minimum atomic E-state index is -0.500. The van der Waals surface area contributed by atoms with E-state index in [0.29, 0.717) is 26.3 Å². The van der Waals surface area contributed by atoms with Gasteiger partial charge in [-0.2, -0.15) is 0 Å². The summed E-state index contributed by atoms with van der Waals surface area (Å²) in [5.74, 6) is -0.558. The number of para-hydroxylation sites is 1. The number of hydrogen-bond acceptors (Lipinski definition) is 6. The number of hydrogen-bond donors (Lipinski definition) is 1. The summed E-state index contributed by atoms with van der Waals surface area (Å²) in [4.78, 5) is 38.8. The fourth-order valence-electron chi connectivity index (χ4n) is 3.40. The molecule has 1 fully saturated rings. The van der Waals surface area contributed by atoms with Crippen LogP contribution in [0, 0.1) is 9.39 Å². The highest BCUT2D eigenvalue weighted by Gasteiger charge is 2.35. The standard InChI is InChI=1S/C26H20FIN2O5S/c1-34-21-12-16(11-20(28)24(21)35-15-23(31)29-18-8-3-2-4-9-18)13-22-25(32)30(26(33)36-22)14-17-7-5-6-10-19(17)27/h2-13H,14-15H2,1H3,(H,29,31)/b22-13-. The van der Waals surface area contributed by atoms with Gasteiger partial charge in [-0.25, -0.2) is 4.39 Å². The molecule has 0 saturated carbocycles. The number of methoxy groups -OCH3 is 1. The number of imide groups is 1. The van der Waals surface area contributed by atoms with Crippen molar-refractivity contribution in [1.82, 2.24) is 4.90 Å². The molecule has 1 N–H and O–H groups in total. The van der Waals surface area contributed by atoms with E-state index in [4.69, 9.17) is 9.47 Å². The van der Waals surface area contributed by atoms with Gasteiger partial charge in [0.1, 0.15) is 5.82 Å². The third-order valence-electron chi connectivity index (χ3n) is 5.11. The third kappa shape index (κ3) is 6.05. The predicted octanol–water partition coefficient (Wildman–Crippen LogP) is 5.69. The van der Waals surface area contributed by atoms with E-state index in [1.165, 1.54) is 19.2 Å². The molecule has 3 aromatic rings. The third-order valence-corrected chi connectivity index (χ3v) is 6.82. The average Bonchev–Trinajstić information content (AvgIpc) is 3.12. The van der Waals surface area contributed by atoms with E-state index in [-0.39, 0.29) is 29.5 Å². The smallest absolute Gasteiger partial charge is 0.293 e. The predicted molar refractivity (Wildman–Crippen MR) is 144 cm³/mol. The maximum atomic E-state index is 14.0. The molecule has 10 heteroatoms. The molecule has 1 heterocycles. The lowest BCUT2D eigenvalue weighted by atomic mass is 10.1. The number of halogens is 2. The van der Waals surface area contributed by atoms with E-state index in [9.17, 15) is 18.8 Å². The summed E-state index contributed by atoms with van der Waals surface area (Å²) in [6, 6.07) is 18.4. The number of carbonyl (C=O) groups excluding carboxylic acids is 3. The monoisotopic (exact) mass is 618 g/mol. The highest BCUT2D eigenvalue weighted by atomic mass is 127. The van der Waals surface area contributed by atoms with Crippen LogP contribution in [0.25, 0.3) is 6.08 Å². The van der Waals surface area contributed by atoms with Crippen LogP contribution in [0.3, 0.4) is 0 Å². The molecule has 36 heavy (non-hydrogen) atoms. The highest BCUT2D eigenvalue weighted by molar-refractivity contribution is 14.1. The molecule has 0 atom stereocenters. The fraction of sp³-hybridized carbons (Fsp3) is 0.115. The second-order valence-corrected chi connectivity index (χ2v) is 9.75. The van der Waals surface area contributed by atoms with E-state index < -0.39 is 17.0 Å². The Morgan fingerprint density at radius 2 is 1.83 bits per heavy atom. The molecule has 3 aromatic carbocycles. The van der Waals surface area contributed by atoms with Gasteiger partial charge in [0.05, 0.1) is 22.1 Å². The van der Waals surface area contributed by atoms with Gasteiger partial charge in [0.25, 0.3) is 17.1 Å². The maximum absolute atomic E-state index is 14.0. The van der Waals surface area contributed by atoms with E-state index in [1.54, 1.807) is 42.5 Å². The first kappa shape index (κ1) is 25.7. The molecule has 3 amide bonds. The summed E-state index contributed by atoms with van der Waals surface area (Å²) in [7, 11) is 1.47. The van der Waals surface area contributed by atoms with Crippen molar-refractivity contribution < 1.29 is 28.2 Å². The molecule has 0 bridgehead atoms. The van der Waals surface area contributed by atoms with Crippen LogP contribution in [0.2, 0.25) is 0 Å². The second kappa shape index (κ2) is 11.6. The minimum absolute atomic E-state index is 0.145. The number of ether oxygens (including phenoxy) is 2. The topological polar surface area (TPSA) is 84.9 Å². The first-order valence-corrected chi connectivity index (χ1v) is 12.6. The zero-order valence-electron chi connectivity index (χ0n) is 19.0. The number of thioether (sulfide) groups is 1. The molecule has 0 aromatic heterocycles. The van der Waals surface area contributed by atoms with Crippen molar-refractivity contribution in [3.63, 3.8) is 0 Å². The summed E-state index contributed by atoms with van der Waals surface area (Å²) in [6.07, 6.45) is 1.57. The zero-order chi connectivity index (χ0) is 25.7. The zero-order valence-corrected chi connectivity index (χ0v) is 22.0. The van der Waals surface area contributed by atoms with E-state index >= 15 is 0 Å². The molecular formula is C26H20FIN2O5S. The van der Waals surface area contributed by atoms with Crippen molar-refractivity contribution in [3.05, 3.63) is 92.1 Å². The first-order chi connectivity index (χ1) is 17.4. The highest BCUT2D eigenvalue weighted by Crippen LogP contribution is 2.37. The van der Waals surface area contributed by atoms with E-state index in [2.05, 4.69) is 5.32 Å².